The molecule has 0 saturated carbocycles. The Bertz CT molecular complexity index is 815. The van der Waals surface area contributed by atoms with Crippen molar-refractivity contribution in [3.05, 3.63) is 54.1 Å². The Kier molecular flexibility index (Phi) is 6.17. The summed E-state index contributed by atoms with van der Waals surface area (Å²) in [5.41, 5.74) is 1.64. The quantitative estimate of drug-likeness (QED) is 0.817. The molecule has 25 heavy (non-hydrogen) atoms. The van der Waals surface area contributed by atoms with Gasteiger partial charge >= 0.3 is 0 Å². The molecular formula is C18H22N2O4S. The lowest BCUT2D eigenvalue weighted by atomic mass is 10.2. The van der Waals surface area contributed by atoms with Gasteiger partial charge in [-0.15, -0.1) is 0 Å². The Hall–Kier alpha value is -2.38. The molecule has 0 saturated heterocycles. The van der Waals surface area contributed by atoms with Crippen LogP contribution in [0.2, 0.25) is 0 Å². The fraction of sp³-hybridized carbons (Fsp3) is 0.278. The summed E-state index contributed by atoms with van der Waals surface area (Å²) in [7, 11) is 0.240. The second-order valence-electron chi connectivity index (χ2n) is 5.87. The van der Waals surface area contributed by atoms with Crippen LogP contribution >= 0.6 is 0 Å². The maximum atomic E-state index is 12.1. The van der Waals surface area contributed by atoms with E-state index < -0.39 is 9.84 Å². The Morgan fingerprint density at radius 2 is 1.68 bits per heavy atom. The van der Waals surface area contributed by atoms with E-state index in [2.05, 4.69) is 5.32 Å². The molecule has 0 radical (unpaired) electrons. The van der Waals surface area contributed by atoms with Gasteiger partial charge in [-0.25, -0.2) is 8.42 Å². The van der Waals surface area contributed by atoms with Crippen LogP contribution in [0.4, 0.5) is 5.69 Å². The minimum absolute atomic E-state index is 0.164. The summed E-state index contributed by atoms with van der Waals surface area (Å²) in [6.45, 7) is 0.851. The van der Waals surface area contributed by atoms with Crippen LogP contribution in [0.25, 0.3) is 0 Å². The van der Waals surface area contributed by atoms with E-state index in [0.29, 0.717) is 12.2 Å². The SMILES string of the molecule is COc1ccc(CN(C)CC(=O)Nc2ccc(S(C)(=O)=O)cc2)cc1. The number of anilines is 1. The lowest BCUT2D eigenvalue weighted by Crippen LogP contribution is -2.29. The van der Waals surface area contributed by atoms with Gasteiger partial charge in [-0.05, 0) is 49.0 Å². The van der Waals surface area contributed by atoms with Crippen LogP contribution < -0.4 is 10.1 Å². The largest absolute Gasteiger partial charge is 0.497 e. The summed E-state index contributed by atoms with van der Waals surface area (Å²) in [6, 6.07) is 13.8. The van der Waals surface area contributed by atoms with Gasteiger partial charge in [0.2, 0.25) is 5.91 Å². The zero-order valence-corrected chi connectivity index (χ0v) is 15.3. The van der Waals surface area contributed by atoms with Crippen molar-refractivity contribution in [2.75, 3.05) is 32.3 Å². The first-order valence-electron chi connectivity index (χ1n) is 7.69. The molecule has 2 rings (SSSR count). The smallest absolute Gasteiger partial charge is 0.238 e. The van der Waals surface area contributed by atoms with Crippen molar-refractivity contribution < 1.29 is 17.9 Å². The van der Waals surface area contributed by atoms with Crippen molar-refractivity contribution in [2.45, 2.75) is 11.4 Å². The van der Waals surface area contributed by atoms with E-state index >= 15 is 0 Å². The van der Waals surface area contributed by atoms with Gasteiger partial charge in [0.05, 0.1) is 18.6 Å². The van der Waals surface area contributed by atoms with Crippen LogP contribution in [-0.4, -0.2) is 46.2 Å². The van der Waals surface area contributed by atoms with Crippen molar-refractivity contribution in [2.24, 2.45) is 0 Å². The highest BCUT2D eigenvalue weighted by molar-refractivity contribution is 7.90. The number of likely N-dealkylation sites (N-methyl/N-ethyl adjacent to an activating group) is 1. The topological polar surface area (TPSA) is 75.7 Å². The average molecular weight is 362 g/mol. The van der Waals surface area contributed by atoms with Crippen molar-refractivity contribution in [1.29, 1.82) is 0 Å². The van der Waals surface area contributed by atoms with E-state index in [1.165, 1.54) is 12.1 Å². The standard InChI is InChI=1S/C18H22N2O4S/c1-20(12-14-4-8-16(24-2)9-5-14)13-18(21)19-15-6-10-17(11-7-15)25(3,22)23/h4-11H,12-13H2,1-3H3,(H,19,21). The second-order valence-corrected chi connectivity index (χ2v) is 7.88. The number of methoxy groups -OCH3 is 1. The van der Waals surface area contributed by atoms with Gasteiger partial charge in [0.25, 0.3) is 0 Å². The number of sulfone groups is 1. The van der Waals surface area contributed by atoms with Crippen LogP contribution in [0, 0.1) is 0 Å². The number of nitrogens with one attached hydrogen (secondary N) is 1. The van der Waals surface area contributed by atoms with E-state index in [9.17, 15) is 13.2 Å². The molecule has 0 aliphatic heterocycles. The molecule has 6 nitrogen and oxygen atoms in total. The van der Waals surface area contributed by atoms with Crippen LogP contribution in [0.1, 0.15) is 5.56 Å². The molecule has 0 aliphatic carbocycles. The predicted molar refractivity (Wildman–Crippen MR) is 97.5 cm³/mol. The van der Waals surface area contributed by atoms with E-state index in [0.717, 1.165) is 17.6 Å². The monoisotopic (exact) mass is 362 g/mol. The summed E-state index contributed by atoms with van der Waals surface area (Å²) < 4.78 is 28.0. The van der Waals surface area contributed by atoms with Crippen LogP contribution in [-0.2, 0) is 21.2 Å². The Balaban J connectivity index is 1.88. The number of nitrogens with zero attached hydrogens (tertiary/aromatic N) is 1. The molecule has 2 aromatic carbocycles. The van der Waals surface area contributed by atoms with Crippen molar-refractivity contribution in [3.8, 4) is 5.75 Å². The highest BCUT2D eigenvalue weighted by Gasteiger charge is 2.10. The number of carbonyl (C=O) groups is 1. The Morgan fingerprint density at radius 3 is 2.20 bits per heavy atom. The van der Waals surface area contributed by atoms with Crippen LogP contribution in [0.5, 0.6) is 5.75 Å². The fourth-order valence-electron chi connectivity index (χ4n) is 2.33. The number of amides is 1. The van der Waals surface area contributed by atoms with Crippen molar-refractivity contribution in [3.63, 3.8) is 0 Å². The summed E-state index contributed by atoms with van der Waals surface area (Å²) in [4.78, 5) is 14.2. The maximum Gasteiger partial charge on any atom is 0.238 e. The van der Waals surface area contributed by atoms with Gasteiger partial charge in [0.1, 0.15) is 5.75 Å². The van der Waals surface area contributed by atoms with Crippen molar-refractivity contribution in [1.82, 2.24) is 4.90 Å². The number of hydrogen-bond donors (Lipinski definition) is 1. The lowest BCUT2D eigenvalue weighted by molar-refractivity contribution is -0.117. The molecule has 7 heteroatoms. The van der Waals surface area contributed by atoms with E-state index in [4.69, 9.17) is 4.74 Å². The molecule has 0 aliphatic rings. The number of hydrogen-bond acceptors (Lipinski definition) is 5. The molecule has 0 heterocycles. The van der Waals surface area contributed by atoms with E-state index in [-0.39, 0.29) is 17.3 Å². The van der Waals surface area contributed by atoms with Crippen LogP contribution in [0.3, 0.4) is 0 Å². The minimum atomic E-state index is -3.24. The van der Waals surface area contributed by atoms with Crippen molar-refractivity contribution >= 4 is 21.4 Å². The molecule has 0 fully saturated rings. The lowest BCUT2D eigenvalue weighted by Gasteiger charge is -2.16. The number of benzene rings is 2. The molecule has 0 atom stereocenters. The van der Waals surface area contributed by atoms with E-state index in [1.807, 2.05) is 36.2 Å². The molecule has 0 aromatic heterocycles. The maximum absolute atomic E-state index is 12.1. The summed E-state index contributed by atoms with van der Waals surface area (Å²) in [6.07, 6.45) is 1.15. The highest BCUT2D eigenvalue weighted by atomic mass is 32.2. The summed E-state index contributed by atoms with van der Waals surface area (Å²) in [5.74, 6) is 0.629. The fourth-order valence-corrected chi connectivity index (χ4v) is 2.96. The third-order valence-corrected chi connectivity index (χ3v) is 4.72. The summed E-state index contributed by atoms with van der Waals surface area (Å²) >= 11 is 0. The van der Waals surface area contributed by atoms with E-state index in [1.54, 1.807) is 19.2 Å². The Labute approximate surface area is 148 Å². The number of ether oxygens (including phenoxy) is 1. The highest BCUT2D eigenvalue weighted by Crippen LogP contribution is 2.14. The number of carbonyl (C=O) groups excluding carboxylic acids is 1. The van der Waals surface area contributed by atoms with Crippen LogP contribution in [0.15, 0.2) is 53.4 Å². The van der Waals surface area contributed by atoms with Gasteiger partial charge < -0.3 is 10.1 Å². The molecule has 0 spiro atoms. The number of rotatable bonds is 7. The van der Waals surface area contributed by atoms with Gasteiger partial charge in [0, 0.05) is 18.5 Å². The zero-order chi connectivity index (χ0) is 18.4. The first-order valence-corrected chi connectivity index (χ1v) is 9.58. The minimum Gasteiger partial charge on any atom is -0.497 e. The molecule has 0 unspecified atom stereocenters. The molecule has 0 bridgehead atoms. The Morgan fingerprint density at radius 1 is 1.08 bits per heavy atom. The third kappa shape index (κ3) is 5.88. The third-order valence-electron chi connectivity index (χ3n) is 3.59. The molecule has 134 valence electrons. The van der Waals surface area contributed by atoms with Gasteiger partial charge in [-0.3, -0.25) is 9.69 Å². The second kappa shape index (κ2) is 8.13. The zero-order valence-electron chi connectivity index (χ0n) is 14.5. The van der Waals surface area contributed by atoms with Gasteiger partial charge in [-0.2, -0.15) is 0 Å². The average Bonchev–Trinajstić information content (AvgIpc) is 2.55. The summed E-state index contributed by atoms with van der Waals surface area (Å²) in [5, 5.41) is 2.76. The first-order chi connectivity index (χ1) is 11.8. The molecule has 1 N–H and O–H groups in total. The normalized spacial score (nSPS) is 11.4. The predicted octanol–water partition coefficient (Wildman–Crippen LogP) is 2.17. The molecular weight excluding hydrogens is 340 g/mol. The van der Waals surface area contributed by atoms with Gasteiger partial charge in [0.15, 0.2) is 9.84 Å². The van der Waals surface area contributed by atoms with Gasteiger partial charge in [-0.1, -0.05) is 12.1 Å². The first kappa shape index (κ1) is 19.0. The molecule has 1 amide bonds. The molecule has 2 aromatic rings.